The van der Waals surface area contributed by atoms with Gasteiger partial charge in [-0.1, -0.05) is 0 Å². The van der Waals surface area contributed by atoms with Crippen LogP contribution in [0.4, 0.5) is 0 Å². The molecule has 0 aromatic heterocycles. The molecule has 0 amide bonds. The number of hydrogen-bond donors (Lipinski definition) is 1. The van der Waals surface area contributed by atoms with E-state index in [1.807, 2.05) is 6.20 Å². The monoisotopic (exact) mass is 170 g/mol. The minimum atomic E-state index is -0.111. The fourth-order valence-corrected chi connectivity index (χ4v) is 1.46. The molecule has 0 aliphatic carbocycles. The summed E-state index contributed by atoms with van der Waals surface area (Å²) in [5.41, 5.74) is 1.18. The summed E-state index contributed by atoms with van der Waals surface area (Å²) in [5, 5.41) is 3.17. The maximum atomic E-state index is 5.38. The highest BCUT2D eigenvalue weighted by atomic mass is 16.7. The molecule has 0 unspecified atom stereocenters. The summed E-state index contributed by atoms with van der Waals surface area (Å²) in [5.74, 6) is 0. The average molecular weight is 170 g/mol. The Hall–Kier alpha value is -0.580. The Balaban J connectivity index is 1.97. The van der Waals surface area contributed by atoms with Gasteiger partial charge in [-0.05, 0) is 7.05 Å². The standard InChI is InChI=1S/C8H14N2O2/c1-10-5-7(4-9-6-10)8-11-2-3-12-8/h4,8-9H,2-3,5-6H2,1H3. The van der Waals surface area contributed by atoms with Gasteiger partial charge in [0.1, 0.15) is 0 Å². The van der Waals surface area contributed by atoms with E-state index in [1.165, 1.54) is 5.57 Å². The molecule has 2 aliphatic rings. The molecule has 2 aliphatic heterocycles. The summed E-state index contributed by atoms with van der Waals surface area (Å²) in [6.45, 7) is 3.26. The molecule has 4 nitrogen and oxygen atoms in total. The molecule has 1 saturated heterocycles. The van der Waals surface area contributed by atoms with Crippen molar-refractivity contribution >= 4 is 0 Å². The van der Waals surface area contributed by atoms with Gasteiger partial charge in [-0.25, -0.2) is 0 Å². The van der Waals surface area contributed by atoms with Crippen molar-refractivity contribution < 1.29 is 9.47 Å². The highest BCUT2D eigenvalue weighted by Crippen LogP contribution is 2.15. The van der Waals surface area contributed by atoms with E-state index in [4.69, 9.17) is 9.47 Å². The molecule has 0 saturated carbocycles. The lowest BCUT2D eigenvalue weighted by atomic mass is 10.2. The molecule has 68 valence electrons. The predicted molar refractivity (Wildman–Crippen MR) is 44.4 cm³/mol. The molecule has 12 heavy (non-hydrogen) atoms. The van der Waals surface area contributed by atoms with Crippen LogP contribution in [0, 0.1) is 0 Å². The van der Waals surface area contributed by atoms with Crippen LogP contribution in [0.3, 0.4) is 0 Å². The zero-order chi connectivity index (χ0) is 8.39. The molecule has 0 aromatic carbocycles. The molecule has 1 fully saturated rings. The number of nitrogens with one attached hydrogen (secondary N) is 1. The molecule has 0 radical (unpaired) electrons. The van der Waals surface area contributed by atoms with Gasteiger partial charge < -0.3 is 14.8 Å². The third kappa shape index (κ3) is 1.60. The quantitative estimate of drug-likeness (QED) is 0.587. The number of nitrogens with zero attached hydrogens (tertiary/aromatic N) is 1. The fourth-order valence-electron chi connectivity index (χ4n) is 1.46. The lowest BCUT2D eigenvalue weighted by Crippen LogP contribution is -2.38. The van der Waals surface area contributed by atoms with E-state index in [0.29, 0.717) is 13.2 Å². The van der Waals surface area contributed by atoms with Gasteiger partial charge in [0.05, 0.1) is 19.9 Å². The van der Waals surface area contributed by atoms with Crippen molar-refractivity contribution in [2.24, 2.45) is 0 Å². The van der Waals surface area contributed by atoms with Crippen LogP contribution in [0.15, 0.2) is 11.8 Å². The zero-order valence-electron chi connectivity index (χ0n) is 7.25. The fraction of sp³-hybridized carbons (Fsp3) is 0.750. The Kier molecular flexibility index (Phi) is 2.30. The second kappa shape index (κ2) is 3.43. The average Bonchev–Trinajstić information content (AvgIpc) is 2.56. The molecule has 0 aromatic rings. The van der Waals surface area contributed by atoms with Gasteiger partial charge in [0.15, 0.2) is 6.29 Å². The van der Waals surface area contributed by atoms with Gasteiger partial charge >= 0.3 is 0 Å². The van der Waals surface area contributed by atoms with Gasteiger partial charge in [0.2, 0.25) is 0 Å². The maximum Gasteiger partial charge on any atom is 0.182 e. The molecule has 0 spiro atoms. The molecular weight excluding hydrogens is 156 g/mol. The van der Waals surface area contributed by atoms with Crippen molar-refractivity contribution in [3.63, 3.8) is 0 Å². The number of likely N-dealkylation sites (N-methyl/N-ethyl adjacent to an activating group) is 1. The van der Waals surface area contributed by atoms with Crippen LogP contribution < -0.4 is 5.32 Å². The first-order chi connectivity index (χ1) is 5.86. The lowest BCUT2D eigenvalue weighted by Gasteiger charge is -2.26. The molecule has 4 heteroatoms. The second-order valence-electron chi connectivity index (χ2n) is 3.17. The van der Waals surface area contributed by atoms with E-state index in [-0.39, 0.29) is 6.29 Å². The Morgan fingerprint density at radius 2 is 2.25 bits per heavy atom. The van der Waals surface area contributed by atoms with Crippen LogP contribution in [0.1, 0.15) is 0 Å². The number of rotatable bonds is 1. The Labute approximate surface area is 72.1 Å². The molecule has 1 N–H and O–H groups in total. The summed E-state index contributed by atoms with van der Waals surface area (Å²) in [6, 6.07) is 0. The SMILES string of the molecule is CN1CNC=C(C2OCCO2)C1. The largest absolute Gasteiger partial charge is 0.378 e. The molecular formula is C8H14N2O2. The summed E-state index contributed by atoms with van der Waals surface area (Å²) in [6.07, 6.45) is 1.89. The molecule has 2 heterocycles. The first kappa shape index (κ1) is 8.04. The predicted octanol–water partition coefficient (Wildman–Crippen LogP) is -0.264. The third-order valence-electron chi connectivity index (χ3n) is 2.03. The summed E-state index contributed by atoms with van der Waals surface area (Å²) in [4.78, 5) is 2.18. The summed E-state index contributed by atoms with van der Waals surface area (Å²) in [7, 11) is 2.06. The van der Waals surface area contributed by atoms with Gasteiger partial charge in [-0.15, -0.1) is 0 Å². The van der Waals surface area contributed by atoms with Gasteiger partial charge in [-0.3, -0.25) is 4.90 Å². The minimum absolute atomic E-state index is 0.111. The van der Waals surface area contributed by atoms with Crippen LogP contribution in [-0.2, 0) is 9.47 Å². The second-order valence-corrected chi connectivity index (χ2v) is 3.17. The highest BCUT2D eigenvalue weighted by molar-refractivity contribution is 5.09. The van der Waals surface area contributed by atoms with Crippen molar-refractivity contribution in [1.82, 2.24) is 10.2 Å². The topological polar surface area (TPSA) is 33.7 Å². The van der Waals surface area contributed by atoms with E-state index in [9.17, 15) is 0 Å². The van der Waals surface area contributed by atoms with Crippen molar-refractivity contribution in [2.45, 2.75) is 6.29 Å². The van der Waals surface area contributed by atoms with Gasteiger partial charge in [0, 0.05) is 18.3 Å². The summed E-state index contributed by atoms with van der Waals surface area (Å²) >= 11 is 0. The van der Waals surface area contributed by atoms with Crippen LogP contribution >= 0.6 is 0 Å². The normalized spacial score (nSPS) is 26.9. The van der Waals surface area contributed by atoms with Crippen molar-refractivity contribution in [2.75, 3.05) is 33.5 Å². The Morgan fingerprint density at radius 3 is 2.92 bits per heavy atom. The van der Waals surface area contributed by atoms with Crippen LogP contribution in [-0.4, -0.2) is 44.7 Å². The third-order valence-corrected chi connectivity index (χ3v) is 2.03. The smallest absolute Gasteiger partial charge is 0.182 e. The molecule has 0 atom stereocenters. The maximum absolute atomic E-state index is 5.38. The van der Waals surface area contributed by atoms with Gasteiger partial charge in [0.25, 0.3) is 0 Å². The lowest BCUT2D eigenvalue weighted by molar-refractivity contribution is -0.0172. The number of hydrogen-bond acceptors (Lipinski definition) is 4. The molecule has 2 rings (SSSR count). The van der Waals surface area contributed by atoms with Crippen molar-refractivity contribution in [3.05, 3.63) is 11.8 Å². The molecule has 0 bridgehead atoms. The highest BCUT2D eigenvalue weighted by Gasteiger charge is 2.23. The van der Waals surface area contributed by atoms with E-state index >= 15 is 0 Å². The van der Waals surface area contributed by atoms with E-state index in [1.54, 1.807) is 0 Å². The first-order valence-corrected chi connectivity index (χ1v) is 4.20. The zero-order valence-corrected chi connectivity index (χ0v) is 7.25. The Morgan fingerprint density at radius 1 is 1.50 bits per heavy atom. The minimum Gasteiger partial charge on any atom is -0.378 e. The van der Waals surface area contributed by atoms with Crippen LogP contribution in [0.25, 0.3) is 0 Å². The van der Waals surface area contributed by atoms with E-state index in [2.05, 4.69) is 17.3 Å². The van der Waals surface area contributed by atoms with Crippen molar-refractivity contribution in [1.29, 1.82) is 0 Å². The Bertz CT molecular complexity index is 187. The van der Waals surface area contributed by atoms with Crippen LogP contribution in [0.5, 0.6) is 0 Å². The van der Waals surface area contributed by atoms with Crippen LogP contribution in [0.2, 0.25) is 0 Å². The van der Waals surface area contributed by atoms with Crippen molar-refractivity contribution in [3.8, 4) is 0 Å². The number of ether oxygens (including phenoxy) is 2. The first-order valence-electron chi connectivity index (χ1n) is 4.20. The van der Waals surface area contributed by atoms with Gasteiger partial charge in [-0.2, -0.15) is 0 Å². The van der Waals surface area contributed by atoms with E-state index < -0.39 is 0 Å². The summed E-state index contributed by atoms with van der Waals surface area (Å²) < 4.78 is 10.8. The van der Waals surface area contributed by atoms with E-state index in [0.717, 1.165) is 13.2 Å².